The van der Waals surface area contributed by atoms with Gasteiger partial charge in [-0.05, 0) is 25.8 Å². The Kier molecular flexibility index (Phi) is 3.61. The van der Waals surface area contributed by atoms with Crippen molar-refractivity contribution in [2.24, 2.45) is 0 Å². The summed E-state index contributed by atoms with van der Waals surface area (Å²) in [6, 6.07) is 6.31. The molecule has 3 unspecified atom stereocenters. The summed E-state index contributed by atoms with van der Waals surface area (Å²) in [6.45, 7) is 1.87. The Labute approximate surface area is 126 Å². The third-order valence-corrected chi connectivity index (χ3v) is 5.19. The van der Waals surface area contributed by atoms with Gasteiger partial charge in [0.25, 0.3) is 0 Å². The summed E-state index contributed by atoms with van der Waals surface area (Å²) in [5, 5.41) is 3.29. The highest BCUT2D eigenvalue weighted by atomic mass is 32.2. The minimum atomic E-state index is -1.00. The third-order valence-electron chi connectivity index (χ3n) is 4.24. The van der Waals surface area contributed by atoms with Crippen molar-refractivity contribution in [1.29, 1.82) is 0 Å². The molecule has 0 bridgehead atoms. The van der Waals surface area contributed by atoms with Gasteiger partial charge in [-0.1, -0.05) is 18.2 Å². The summed E-state index contributed by atoms with van der Waals surface area (Å²) in [5.74, 6) is 0.0816. The second-order valence-electron chi connectivity index (χ2n) is 5.95. The second-order valence-corrected chi connectivity index (χ2v) is 7.43. The molecule has 0 aromatic heterocycles. The molecule has 1 saturated carbocycles. The maximum absolute atomic E-state index is 14.1. The molecule has 3 rings (SSSR count). The molecule has 1 aliphatic carbocycles. The van der Waals surface area contributed by atoms with Crippen LogP contribution in [0.25, 0.3) is 0 Å². The summed E-state index contributed by atoms with van der Waals surface area (Å²) in [7, 11) is -1.00. The van der Waals surface area contributed by atoms with Crippen LogP contribution in [0.5, 0.6) is 0 Å². The van der Waals surface area contributed by atoms with Gasteiger partial charge in [-0.3, -0.25) is 14.3 Å². The van der Waals surface area contributed by atoms with Crippen molar-refractivity contribution in [3.8, 4) is 0 Å². The maximum Gasteiger partial charge on any atom is 0.244 e. The van der Waals surface area contributed by atoms with Crippen molar-refractivity contribution in [1.82, 2.24) is 10.2 Å². The number of nitrogens with one attached hydrogen (secondary N) is 1. The number of hydrogen-bond acceptors (Lipinski definition) is 3. The van der Waals surface area contributed by atoms with Gasteiger partial charge in [0.2, 0.25) is 5.91 Å². The molecule has 1 N–H and O–H groups in total. The molecule has 6 heteroatoms. The zero-order chi connectivity index (χ0) is 15.2. The van der Waals surface area contributed by atoms with Crippen molar-refractivity contribution in [3.63, 3.8) is 0 Å². The van der Waals surface area contributed by atoms with Crippen molar-refractivity contribution in [3.05, 3.63) is 35.6 Å². The lowest BCUT2D eigenvalue weighted by atomic mass is 10.1. The first kappa shape index (κ1) is 14.7. The van der Waals surface area contributed by atoms with E-state index in [1.807, 2.05) is 6.92 Å². The van der Waals surface area contributed by atoms with Gasteiger partial charge in [-0.15, -0.1) is 0 Å². The lowest BCUT2D eigenvalue weighted by Gasteiger charge is -2.30. The van der Waals surface area contributed by atoms with Crippen LogP contribution in [0.3, 0.4) is 0 Å². The average Bonchev–Trinajstić information content (AvgIpc) is 3.12. The summed E-state index contributed by atoms with van der Waals surface area (Å²) >= 11 is 0. The van der Waals surface area contributed by atoms with Crippen LogP contribution in [-0.4, -0.2) is 38.6 Å². The predicted octanol–water partition coefficient (Wildman–Crippen LogP) is 1.56. The summed E-state index contributed by atoms with van der Waals surface area (Å²) in [6.07, 6.45) is 2.72. The summed E-state index contributed by atoms with van der Waals surface area (Å²) < 4.78 is 25.6. The van der Waals surface area contributed by atoms with E-state index >= 15 is 0 Å². The number of halogens is 1. The highest BCUT2D eigenvalue weighted by Gasteiger charge is 2.60. The molecule has 4 nitrogen and oxygen atoms in total. The first-order chi connectivity index (χ1) is 9.94. The SMILES string of the molecule is CC(CS(C)=O)N1C(=O)C2(CC2)NC1c1ccccc1F. The Hall–Kier alpha value is -1.27. The van der Waals surface area contributed by atoms with Gasteiger partial charge in [0, 0.05) is 34.4 Å². The van der Waals surface area contributed by atoms with Crippen molar-refractivity contribution >= 4 is 16.7 Å². The fourth-order valence-corrected chi connectivity index (χ4v) is 3.88. The number of nitrogens with zero attached hydrogens (tertiary/aromatic N) is 1. The average molecular weight is 310 g/mol. The number of amides is 1. The molecule has 1 heterocycles. The zero-order valence-corrected chi connectivity index (χ0v) is 13.0. The second kappa shape index (κ2) is 5.18. The van der Waals surface area contributed by atoms with Crippen molar-refractivity contribution in [2.45, 2.75) is 37.5 Å². The van der Waals surface area contributed by atoms with Crippen LogP contribution in [0, 0.1) is 5.82 Å². The molecular weight excluding hydrogens is 291 g/mol. The van der Waals surface area contributed by atoms with Gasteiger partial charge in [-0.25, -0.2) is 4.39 Å². The molecule has 1 aliphatic heterocycles. The number of hydrogen-bond donors (Lipinski definition) is 1. The lowest BCUT2D eigenvalue weighted by Crippen LogP contribution is -2.41. The van der Waals surface area contributed by atoms with E-state index in [4.69, 9.17) is 0 Å². The molecule has 3 atom stereocenters. The predicted molar refractivity (Wildman–Crippen MR) is 79.5 cm³/mol. The van der Waals surface area contributed by atoms with E-state index in [0.717, 1.165) is 12.8 Å². The molecule has 1 spiro atoms. The van der Waals surface area contributed by atoms with E-state index in [9.17, 15) is 13.4 Å². The van der Waals surface area contributed by atoms with Gasteiger partial charge in [0.05, 0.1) is 0 Å². The fourth-order valence-electron chi connectivity index (χ4n) is 3.04. The molecule has 2 aliphatic rings. The molecular formula is C15H19FN2O2S. The van der Waals surface area contributed by atoms with Crippen molar-refractivity contribution in [2.75, 3.05) is 12.0 Å². The Morgan fingerprint density at radius 2 is 2.14 bits per heavy atom. The van der Waals surface area contributed by atoms with E-state index in [0.29, 0.717) is 11.3 Å². The fraction of sp³-hybridized carbons (Fsp3) is 0.533. The highest BCUT2D eigenvalue weighted by Crippen LogP contribution is 2.47. The largest absolute Gasteiger partial charge is 0.318 e. The van der Waals surface area contributed by atoms with Crippen LogP contribution in [-0.2, 0) is 15.6 Å². The standard InChI is InChI=1S/C15H19FN2O2S/c1-10(9-21(2)20)18-13(11-5-3-4-6-12(11)16)17-15(7-8-15)14(18)19/h3-6,10,13,17H,7-9H2,1-2H3. The van der Waals surface area contributed by atoms with E-state index < -0.39 is 22.5 Å². The maximum atomic E-state index is 14.1. The van der Waals surface area contributed by atoms with Gasteiger partial charge in [-0.2, -0.15) is 0 Å². The van der Waals surface area contributed by atoms with Crippen LogP contribution in [0.1, 0.15) is 31.5 Å². The molecule has 2 fully saturated rings. The quantitative estimate of drug-likeness (QED) is 0.918. The molecule has 1 amide bonds. The van der Waals surface area contributed by atoms with Gasteiger partial charge in [0.15, 0.2) is 0 Å². The Bertz CT molecular complexity index is 603. The third kappa shape index (κ3) is 2.51. The van der Waals surface area contributed by atoms with E-state index in [1.54, 1.807) is 29.4 Å². The van der Waals surface area contributed by atoms with Crippen LogP contribution in [0.4, 0.5) is 4.39 Å². The molecule has 21 heavy (non-hydrogen) atoms. The lowest BCUT2D eigenvalue weighted by molar-refractivity contribution is -0.132. The zero-order valence-electron chi connectivity index (χ0n) is 12.1. The minimum Gasteiger partial charge on any atom is -0.318 e. The first-order valence-electron chi connectivity index (χ1n) is 7.09. The van der Waals surface area contributed by atoms with Crippen molar-refractivity contribution < 1.29 is 13.4 Å². The van der Waals surface area contributed by atoms with E-state index in [-0.39, 0.29) is 17.8 Å². The van der Waals surface area contributed by atoms with Crippen LogP contribution in [0.2, 0.25) is 0 Å². The molecule has 0 radical (unpaired) electrons. The Balaban J connectivity index is 1.95. The minimum absolute atomic E-state index is 0.00806. The monoisotopic (exact) mass is 310 g/mol. The van der Waals surface area contributed by atoms with E-state index in [2.05, 4.69) is 5.32 Å². The van der Waals surface area contributed by atoms with Gasteiger partial charge < -0.3 is 4.90 Å². The first-order valence-corrected chi connectivity index (χ1v) is 8.82. The van der Waals surface area contributed by atoms with E-state index in [1.165, 1.54) is 6.07 Å². The summed E-state index contributed by atoms with van der Waals surface area (Å²) in [5.41, 5.74) is -0.0421. The van der Waals surface area contributed by atoms with Crippen LogP contribution < -0.4 is 5.32 Å². The number of carbonyl (C=O) groups excluding carboxylic acids is 1. The van der Waals surface area contributed by atoms with Gasteiger partial charge >= 0.3 is 0 Å². The van der Waals surface area contributed by atoms with Crippen LogP contribution >= 0.6 is 0 Å². The van der Waals surface area contributed by atoms with Crippen LogP contribution in [0.15, 0.2) is 24.3 Å². The smallest absolute Gasteiger partial charge is 0.244 e. The van der Waals surface area contributed by atoms with Gasteiger partial charge in [0.1, 0.15) is 17.5 Å². The number of benzene rings is 1. The Morgan fingerprint density at radius 3 is 2.71 bits per heavy atom. The molecule has 1 saturated heterocycles. The topological polar surface area (TPSA) is 49.4 Å². The molecule has 114 valence electrons. The number of carbonyl (C=O) groups is 1. The number of rotatable bonds is 4. The Morgan fingerprint density at radius 1 is 1.48 bits per heavy atom. The highest BCUT2D eigenvalue weighted by molar-refractivity contribution is 7.84. The molecule has 1 aromatic carbocycles. The summed E-state index contributed by atoms with van der Waals surface area (Å²) in [4.78, 5) is 14.3. The molecule has 1 aromatic rings. The normalized spacial score (nSPS) is 26.1.